The summed E-state index contributed by atoms with van der Waals surface area (Å²) < 4.78 is 26.6. The first-order valence-corrected chi connectivity index (χ1v) is 7.09. The predicted octanol–water partition coefficient (Wildman–Crippen LogP) is 1.38. The van der Waals surface area contributed by atoms with Crippen LogP contribution >= 0.6 is 0 Å². The van der Waals surface area contributed by atoms with E-state index in [4.69, 9.17) is 5.73 Å². The second-order valence-corrected chi connectivity index (χ2v) is 5.93. The maximum Gasteiger partial charge on any atom is 0.242 e. The molecule has 17 heavy (non-hydrogen) atoms. The second-order valence-electron chi connectivity index (χ2n) is 4.21. The number of nitrogens with one attached hydrogen (secondary N) is 1. The van der Waals surface area contributed by atoms with Crippen molar-refractivity contribution in [3.63, 3.8) is 0 Å². The molecule has 6 heteroatoms. The van der Waals surface area contributed by atoms with Crippen molar-refractivity contribution in [1.29, 1.82) is 0 Å². The number of anilines is 1. The lowest BCUT2D eigenvalue weighted by atomic mass is 10.0. The van der Waals surface area contributed by atoms with Crippen LogP contribution in [0.1, 0.15) is 27.2 Å². The number of nitrogens with two attached hydrogens (primary N) is 1. The number of hydrogen-bond donors (Lipinski definition) is 2. The lowest BCUT2D eigenvalue weighted by Crippen LogP contribution is -2.36. The van der Waals surface area contributed by atoms with Gasteiger partial charge >= 0.3 is 0 Å². The van der Waals surface area contributed by atoms with E-state index in [-0.39, 0.29) is 16.9 Å². The van der Waals surface area contributed by atoms with Gasteiger partial charge in [-0.2, -0.15) is 0 Å². The lowest BCUT2D eigenvalue weighted by Gasteiger charge is -2.19. The molecule has 0 saturated heterocycles. The lowest BCUT2D eigenvalue weighted by molar-refractivity contribution is 0.434. The minimum atomic E-state index is -3.50. The van der Waals surface area contributed by atoms with Crippen molar-refractivity contribution in [3.8, 4) is 0 Å². The van der Waals surface area contributed by atoms with E-state index in [1.54, 1.807) is 0 Å². The Morgan fingerprint density at radius 2 is 2.06 bits per heavy atom. The topological polar surface area (TPSA) is 85.1 Å². The number of pyridine rings is 1. The van der Waals surface area contributed by atoms with Gasteiger partial charge in [-0.3, -0.25) is 0 Å². The zero-order chi connectivity index (χ0) is 13.1. The third-order valence-electron chi connectivity index (χ3n) is 2.91. The van der Waals surface area contributed by atoms with E-state index in [1.165, 1.54) is 18.3 Å². The summed E-state index contributed by atoms with van der Waals surface area (Å²) in [6, 6.07) is 2.82. The van der Waals surface area contributed by atoms with Crippen LogP contribution in [0.2, 0.25) is 0 Å². The largest absolute Gasteiger partial charge is 0.384 e. The summed E-state index contributed by atoms with van der Waals surface area (Å²) >= 11 is 0. The van der Waals surface area contributed by atoms with E-state index >= 15 is 0 Å². The van der Waals surface area contributed by atoms with E-state index in [0.717, 1.165) is 6.42 Å². The predicted molar refractivity (Wildman–Crippen MR) is 67.9 cm³/mol. The molecule has 0 amide bonds. The number of nitrogen functional groups attached to an aromatic ring is 1. The Balaban J connectivity index is 2.85. The van der Waals surface area contributed by atoms with Crippen LogP contribution in [0.4, 0.5) is 5.82 Å². The minimum absolute atomic E-state index is 0.109. The summed E-state index contributed by atoms with van der Waals surface area (Å²) in [5.74, 6) is 0.588. The fourth-order valence-electron chi connectivity index (χ4n) is 1.33. The molecule has 1 heterocycles. The molecular weight excluding hydrogens is 238 g/mol. The summed E-state index contributed by atoms with van der Waals surface area (Å²) in [7, 11) is -3.50. The molecule has 2 atom stereocenters. The van der Waals surface area contributed by atoms with Gasteiger partial charge in [0, 0.05) is 12.2 Å². The van der Waals surface area contributed by atoms with Gasteiger partial charge in [0.2, 0.25) is 10.0 Å². The maximum atomic E-state index is 12.0. The first-order chi connectivity index (χ1) is 7.86. The van der Waals surface area contributed by atoms with Crippen LogP contribution in [0.5, 0.6) is 0 Å². The van der Waals surface area contributed by atoms with Gasteiger partial charge in [0.15, 0.2) is 0 Å². The molecule has 1 aromatic heterocycles. The Bertz CT molecular complexity index is 456. The van der Waals surface area contributed by atoms with Gasteiger partial charge in [-0.05, 0) is 25.0 Å². The maximum absolute atomic E-state index is 12.0. The van der Waals surface area contributed by atoms with Gasteiger partial charge < -0.3 is 5.73 Å². The number of hydrogen-bond acceptors (Lipinski definition) is 4. The summed E-state index contributed by atoms with van der Waals surface area (Å²) in [4.78, 5) is 3.92. The van der Waals surface area contributed by atoms with Crippen LogP contribution in [-0.4, -0.2) is 19.4 Å². The molecule has 1 rings (SSSR count). The van der Waals surface area contributed by atoms with Crippen LogP contribution in [0, 0.1) is 5.92 Å². The van der Waals surface area contributed by atoms with Crippen LogP contribution < -0.4 is 10.5 Å². The molecule has 0 spiro atoms. The fourth-order valence-corrected chi connectivity index (χ4v) is 2.63. The van der Waals surface area contributed by atoms with Gasteiger partial charge in [-0.25, -0.2) is 18.1 Å². The Morgan fingerprint density at radius 3 is 2.53 bits per heavy atom. The Labute approximate surface area is 102 Å². The Morgan fingerprint density at radius 1 is 1.41 bits per heavy atom. The first kappa shape index (κ1) is 13.9. The molecule has 3 N–H and O–H groups in total. The third kappa shape index (κ3) is 3.67. The molecular formula is C11H19N3O2S. The molecule has 2 unspecified atom stereocenters. The summed E-state index contributed by atoms with van der Waals surface area (Å²) in [6.45, 7) is 5.89. The zero-order valence-corrected chi connectivity index (χ0v) is 11.2. The minimum Gasteiger partial charge on any atom is -0.384 e. The molecule has 0 aliphatic rings. The standard InChI is InChI=1S/C11H19N3O2S/c1-4-8(2)9(3)14-17(15,16)10-5-6-11(12)13-7-10/h5-9,14H,4H2,1-3H3,(H2,12,13). The van der Waals surface area contributed by atoms with Crippen molar-refractivity contribution in [2.24, 2.45) is 5.92 Å². The van der Waals surface area contributed by atoms with E-state index in [2.05, 4.69) is 9.71 Å². The highest BCUT2D eigenvalue weighted by Crippen LogP contribution is 2.13. The van der Waals surface area contributed by atoms with Crippen molar-refractivity contribution in [1.82, 2.24) is 9.71 Å². The average molecular weight is 257 g/mol. The smallest absolute Gasteiger partial charge is 0.242 e. The molecule has 0 aliphatic heterocycles. The van der Waals surface area contributed by atoms with Gasteiger partial charge in [-0.1, -0.05) is 20.3 Å². The monoisotopic (exact) mass is 257 g/mol. The van der Waals surface area contributed by atoms with Gasteiger partial charge in [0.25, 0.3) is 0 Å². The molecule has 5 nitrogen and oxygen atoms in total. The molecule has 1 aromatic rings. The van der Waals surface area contributed by atoms with Crippen molar-refractivity contribution >= 4 is 15.8 Å². The molecule has 0 saturated carbocycles. The van der Waals surface area contributed by atoms with Gasteiger partial charge in [0.05, 0.1) is 0 Å². The fraction of sp³-hybridized carbons (Fsp3) is 0.545. The molecule has 0 aliphatic carbocycles. The number of nitrogens with zero attached hydrogens (tertiary/aromatic N) is 1. The highest BCUT2D eigenvalue weighted by molar-refractivity contribution is 7.89. The number of aromatic nitrogens is 1. The quantitative estimate of drug-likeness (QED) is 0.834. The normalized spacial score (nSPS) is 15.5. The molecule has 0 aromatic carbocycles. The highest BCUT2D eigenvalue weighted by Gasteiger charge is 2.20. The number of sulfonamides is 1. The summed E-state index contributed by atoms with van der Waals surface area (Å²) in [5, 5.41) is 0. The van der Waals surface area contributed by atoms with Crippen molar-refractivity contribution in [3.05, 3.63) is 18.3 Å². The third-order valence-corrected chi connectivity index (χ3v) is 4.45. The Kier molecular flexibility index (Phi) is 4.47. The molecule has 0 bridgehead atoms. The molecule has 96 valence electrons. The van der Waals surface area contributed by atoms with E-state index in [9.17, 15) is 8.42 Å². The Hall–Kier alpha value is -1.14. The number of rotatable bonds is 5. The van der Waals surface area contributed by atoms with E-state index < -0.39 is 10.0 Å². The van der Waals surface area contributed by atoms with Gasteiger partial charge in [0.1, 0.15) is 10.7 Å². The highest BCUT2D eigenvalue weighted by atomic mass is 32.2. The van der Waals surface area contributed by atoms with Crippen LogP contribution in [0.25, 0.3) is 0 Å². The van der Waals surface area contributed by atoms with E-state index in [0.29, 0.717) is 5.82 Å². The summed E-state index contributed by atoms with van der Waals surface area (Å²) in [6.07, 6.45) is 2.19. The average Bonchev–Trinajstić information content (AvgIpc) is 2.27. The first-order valence-electron chi connectivity index (χ1n) is 5.60. The van der Waals surface area contributed by atoms with Crippen molar-refractivity contribution in [2.45, 2.75) is 38.1 Å². The van der Waals surface area contributed by atoms with E-state index in [1.807, 2.05) is 20.8 Å². The van der Waals surface area contributed by atoms with Crippen LogP contribution in [-0.2, 0) is 10.0 Å². The summed E-state index contributed by atoms with van der Waals surface area (Å²) in [5.41, 5.74) is 5.41. The van der Waals surface area contributed by atoms with Gasteiger partial charge in [-0.15, -0.1) is 0 Å². The van der Waals surface area contributed by atoms with Crippen molar-refractivity contribution in [2.75, 3.05) is 5.73 Å². The molecule has 0 fully saturated rings. The van der Waals surface area contributed by atoms with Crippen LogP contribution in [0.3, 0.4) is 0 Å². The SMILES string of the molecule is CCC(C)C(C)NS(=O)(=O)c1ccc(N)nc1. The zero-order valence-electron chi connectivity index (χ0n) is 10.3. The second kappa shape index (κ2) is 5.46. The molecule has 0 radical (unpaired) electrons. The van der Waals surface area contributed by atoms with Crippen molar-refractivity contribution < 1.29 is 8.42 Å². The van der Waals surface area contributed by atoms with Crippen LogP contribution in [0.15, 0.2) is 23.2 Å².